The van der Waals surface area contributed by atoms with Crippen LogP contribution in [0.5, 0.6) is 0 Å². The van der Waals surface area contributed by atoms with E-state index < -0.39 is 5.97 Å². The number of aliphatic carboxylic acids is 1. The summed E-state index contributed by atoms with van der Waals surface area (Å²) < 4.78 is 0. The molecule has 2 aliphatic rings. The first-order valence-corrected chi connectivity index (χ1v) is 13.3. The molecule has 202 valence electrons. The van der Waals surface area contributed by atoms with Gasteiger partial charge in [0.25, 0.3) is 11.8 Å². The Bertz CT molecular complexity index is 1520. The molecule has 7 nitrogen and oxygen atoms in total. The van der Waals surface area contributed by atoms with E-state index in [0.29, 0.717) is 42.7 Å². The minimum atomic E-state index is -0.906. The lowest BCUT2D eigenvalue weighted by Gasteiger charge is -2.27. The molecule has 0 saturated heterocycles. The molecule has 0 fully saturated rings. The molecule has 0 saturated carbocycles. The van der Waals surface area contributed by atoms with Gasteiger partial charge in [0, 0.05) is 42.0 Å². The highest BCUT2D eigenvalue weighted by molar-refractivity contribution is 6.09. The van der Waals surface area contributed by atoms with E-state index in [9.17, 15) is 19.5 Å². The van der Waals surface area contributed by atoms with E-state index in [2.05, 4.69) is 5.32 Å². The third-order valence-corrected chi connectivity index (χ3v) is 7.08. The molecule has 3 aromatic carbocycles. The number of aryl methyl sites for hydroxylation is 1. The average molecular weight is 534 g/mol. The van der Waals surface area contributed by atoms with Crippen LogP contribution in [0.1, 0.15) is 39.1 Å². The van der Waals surface area contributed by atoms with E-state index in [-0.39, 0.29) is 18.4 Å². The number of nitrogens with zero attached hydrogens (tertiary/aromatic N) is 2. The van der Waals surface area contributed by atoms with Gasteiger partial charge in [-0.05, 0) is 60.9 Å². The molecule has 0 unspecified atom stereocenters. The summed E-state index contributed by atoms with van der Waals surface area (Å²) in [6.45, 7) is 2.95. The molecular formula is C33H31N3O4. The van der Waals surface area contributed by atoms with E-state index in [1.807, 2.05) is 78.6 Å². The maximum atomic E-state index is 13.7. The van der Waals surface area contributed by atoms with E-state index >= 15 is 0 Å². The molecule has 0 aromatic heterocycles. The molecule has 0 spiro atoms. The number of hydrogen-bond donors (Lipinski definition) is 2. The summed E-state index contributed by atoms with van der Waals surface area (Å²) in [5.41, 5.74) is 6.16. The lowest BCUT2D eigenvalue weighted by molar-refractivity contribution is -0.137. The first kappa shape index (κ1) is 26.7. The Morgan fingerprint density at radius 2 is 1.65 bits per heavy atom. The van der Waals surface area contributed by atoms with Crippen molar-refractivity contribution < 1.29 is 19.5 Å². The summed E-state index contributed by atoms with van der Waals surface area (Å²) in [5, 5.41) is 12.4. The lowest BCUT2D eigenvalue weighted by atomic mass is 9.98. The van der Waals surface area contributed by atoms with Crippen molar-refractivity contribution in [2.75, 3.05) is 25.0 Å². The van der Waals surface area contributed by atoms with Crippen LogP contribution < -0.4 is 5.32 Å². The Morgan fingerprint density at radius 1 is 0.900 bits per heavy atom. The number of amides is 2. The number of benzene rings is 3. The van der Waals surface area contributed by atoms with Crippen LogP contribution in [0.2, 0.25) is 0 Å². The Hall–Kier alpha value is -4.91. The molecular weight excluding hydrogens is 502 g/mol. The highest BCUT2D eigenvalue weighted by atomic mass is 16.4. The van der Waals surface area contributed by atoms with Gasteiger partial charge in [-0.1, -0.05) is 66.3 Å². The summed E-state index contributed by atoms with van der Waals surface area (Å²) in [4.78, 5) is 41.9. The van der Waals surface area contributed by atoms with Crippen LogP contribution >= 0.6 is 0 Å². The summed E-state index contributed by atoms with van der Waals surface area (Å²) in [7, 11) is 0. The summed E-state index contributed by atoms with van der Waals surface area (Å²) in [6.07, 6.45) is 8.80. The highest BCUT2D eigenvalue weighted by Gasteiger charge is 2.28. The molecule has 0 radical (unpaired) electrons. The van der Waals surface area contributed by atoms with Gasteiger partial charge in [0.15, 0.2) is 0 Å². The van der Waals surface area contributed by atoms with Crippen molar-refractivity contribution in [1.29, 1.82) is 0 Å². The number of carboxylic acids is 1. The zero-order valence-corrected chi connectivity index (χ0v) is 22.3. The fraction of sp³-hybridized carbons (Fsp3) is 0.182. The fourth-order valence-electron chi connectivity index (χ4n) is 5.09. The third-order valence-electron chi connectivity index (χ3n) is 7.08. The first-order chi connectivity index (χ1) is 19.4. The second-order valence-corrected chi connectivity index (χ2v) is 9.89. The highest BCUT2D eigenvalue weighted by Crippen LogP contribution is 2.28. The largest absolute Gasteiger partial charge is 0.480 e. The van der Waals surface area contributed by atoms with Gasteiger partial charge in [-0.25, -0.2) is 0 Å². The van der Waals surface area contributed by atoms with Crippen LogP contribution in [0.15, 0.2) is 108 Å². The van der Waals surface area contributed by atoms with Gasteiger partial charge in [0.1, 0.15) is 6.54 Å². The van der Waals surface area contributed by atoms with Crippen molar-refractivity contribution in [3.05, 3.63) is 125 Å². The van der Waals surface area contributed by atoms with Crippen molar-refractivity contribution in [1.82, 2.24) is 9.80 Å². The van der Waals surface area contributed by atoms with Crippen molar-refractivity contribution in [3.63, 3.8) is 0 Å². The molecule has 1 aliphatic carbocycles. The molecule has 3 aromatic rings. The van der Waals surface area contributed by atoms with E-state index in [0.717, 1.165) is 28.1 Å². The molecule has 2 N–H and O–H groups in total. The predicted molar refractivity (Wildman–Crippen MR) is 156 cm³/mol. The van der Waals surface area contributed by atoms with Gasteiger partial charge >= 0.3 is 5.97 Å². The SMILES string of the molecule is Cc1ccc(-c2ccccc2C(=O)Nc2ccc(C(=O)N3CCCN(CC(=O)O)C4=C3CC=CC=C4)cc2)cc1. The van der Waals surface area contributed by atoms with Crippen molar-refractivity contribution in [2.45, 2.75) is 19.8 Å². The summed E-state index contributed by atoms with van der Waals surface area (Å²) >= 11 is 0. The number of carbonyl (C=O) groups excluding carboxylic acids is 2. The van der Waals surface area contributed by atoms with Gasteiger partial charge < -0.3 is 20.2 Å². The monoisotopic (exact) mass is 533 g/mol. The zero-order chi connectivity index (χ0) is 28.1. The van der Waals surface area contributed by atoms with Gasteiger partial charge in [-0.2, -0.15) is 0 Å². The predicted octanol–water partition coefficient (Wildman–Crippen LogP) is 5.87. The third kappa shape index (κ3) is 5.89. The topological polar surface area (TPSA) is 90.0 Å². The normalized spacial score (nSPS) is 14.8. The smallest absolute Gasteiger partial charge is 0.323 e. The zero-order valence-electron chi connectivity index (χ0n) is 22.3. The Kier molecular flexibility index (Phi) is 7.92. The van der Waals surface area contributed by atoms with Crippen LogP contribution in [-0.4, -0.2) is 52.3 Å². The van der Waals surface area contributed by atoms with Crippen molar-refractivity contribution in [2.24, 2.45) is 0 Å². The molecule has 1 heterocycles. The molecule has 2 amide bonds. The summed E-state index contributed by atoms with van der Waals surface area (Å²) in [6, 6.07) is 22.4. The van der Waals surface area contributed by atoms with E-state index in [1.54, 1.807) is 35.2 Å². The standard InChI is InChI=1S/C33H31N3O4/c1-23-12-14-24(15-13-23)27-8-5-6-9-28(27)32(39)34-26-18-16-25(17-19-26)33(40)36-21-7-20-35(22-31(37)38)29-10-3-2-4-11-30(29)36/h2-6,8-10,12-19H,7,11,20-22H2,1H3,(H,34,39)(H,37,38). The minimum Gasteiger partial charge on any atom is -0.480 e. The van der Waals surface area contributed by atoms with Crippen LogP contribution in [-0.2, 0) is 4.79 Å². The molecule has 0 bridgehead atoms. The maximum Gasteiger partial charge on any atom is 0.323 e. The van der Waals surface area contributed by atoms with Gasteiger partial charge in [0.2, 0.25) is 0 Å². The average Bonchev–Trinajstić information content (AvgIpc) is 3.29. The van der Waals surface area contributed by atoms with E-state index in [4.69, 9.17) is 0 Å². The van der Waals surface area contributed by atoms with Crippen LogP contribution in [0.25, 0.3) is 11.1 Å². The number of rotatable bonds is 6. The quantitative estimate of drug-likeness (QED) is 0.413. The lowest BCUT2D eigenvalue weighted by Crippen LogP contribution is -2.32. The second kappa shape index (κ2) is 11.9. The van der Waals surface area contributed by atoms with Crippen LogP contribution in [0.3, 0.4) is 0 Å². The molecule has 7 heteroatoms. The van der Waals surface area contributed by atoms with Crippen molar-refractivity contribution in [3.8, 4) is 11.1 Å². The Morgan fingerprint density at radius 3 is 2.40 bits per heavy atom. The second-order valence-electron chi connectivity index (χ2n) is 9.89. The fourth-order valence-corrected chi connectivity index (χ4v) is 5.09. The minimum absolute atomic E-state index is 0.118. The van der Waals surface area contributed by atoms with Crippen molar-refractivity contribution >= 4 is 23.5 Å². The first-order valence-electron chi connectivity index (χ1n) is 13.3. The molecule has 40 heavy (non-hydrogen) atoms. The van der Waals surface area contributed by atoms with Gasteiger partial charge in [-0.3, -0.25) is 14.4 Å². The molecule has 0 atom stereocenters. The van der Waals surface area contributed by atoms with Crippen LogP contribution in [0.4, 0.5) is 5.69 Å². The van der Waals surface area contributed by atoms with Gasteiger partial charge in [-0.15, -0.1) is 0 Å². The number of hydrogen-bond acceptors (Lipinski definition) is 4. The number of anilines is 1. The number of nitrogens with one attached hydrogen (secondary N) is 1. The Balaban J connectivity index is 1.35. The molecule has 5 rings (SSSR count). The van der Waals surface area contributed by atoms with Gasteiger partial charge in [0.05, 0.1) is 5.70 Å². The van der Waals surface area contributed by atoms with Crippen LogP contribution in [0, 0.1) is 6.92 Å². The Labute approximate surface area is 233 Å². The number of allylic oxidation sites excluding steroid dienone is 4. The molecule has 1 aliphatic heterocycles. The summed E-state index contributed by atoms with van der Waals surface area (Å²) in [5.74, 6) is -1.29. The number of carbonyl (C=O) groups is 3. The number of carboxylic acid groups (broad SMARTS) is 1. The van der Waals surface area contributed by atoms with E-state index in [1.165, 1.54) is 0 Å². The maximum absolute atomic E-state index is 13.7.